The van der Waals surface area contributed by atoms with Gasteiger partial charge in [-0.1, -0.05) is 60.1 Å². The molecule has 0 aliphatic heterocycles. The van der Waals surface area contributed by atoms with Crippen LogP contribution in [-0.4, -0.2) is 15.8 Å². The van der Waals surface area contributed by atoms with Crippen LogP contribution in [0.3, 0.4) is 0 Å². The van der Waals surface area contributed by atoms with Crippen LogP contribution in [0.1, 0.15) is 26.8 Å². The van der Waals surface area contributed by atoms with Gasteiger partial charge >= 0.3 is 0 Å². The maximum absolute atomic E-state index is 13.6. The highest BCUT2D eigenvalue weighted by Crippen LogP contribution is 2.31. The number of aryl methyl sites for hydroxylation is 1. The fourth-order valence-corrected chi connectivity index (χ4v) is 4.24. The van der Waals surface area contributed by atoms with Crippen molar-refractivity contribution in [2.45, 2.75) is 20.0 Å². The molecule has 2 heterocycles. The van der Waals surface area contributed by atoms with E-state index in [0.29, 0.717) is 29.6 Å². The van der Waals surface area contributed by atoms with Crippen LogP contribution in [-0.2, 0) is 13.1 Å². The predicted molar refractivity (Wildman–Crippen MR) is 116 cm³/mol. The molecule has 0 N–H and O–H groups in total. The first kappa shape index (κ1) is 19.4. The average molecular weight is 423 g/mol. The lowest BCUT2D eigenvalue weighted by Crippen LogP contribution is -2.30. The Morgan fingerprint density at radius 1 is 1.03 bits per heavy atom. The minimum atomic E-state index is -0.149. The highest BCUT2D eigenvalue weighted by molar-refractivity contribution is 7.15. The molecule has 0 spiro atoms. The van der Waals surface area contributed by atoms with Crippen molar-refractivity contribution in [3.8, 4) is 10.4 Å². The van der Waals surface area contributed by atoms with Gasteiger partial charge in [0.25, 0.3) is 5.91 Å². The van der Waals surface area contributed by atoms with Crippen molar-refractivity contribution in [2.75, 3.05) is 0 Å². The molecule has 0 unspecified atom stereocenters. The number of amides is 1. The summed E-state index contributed by atoms with van der Waals surface area (Å²) in [6.45, 7) is 2.62. The number of hydrogen-bond acceptors (Lipinski definition) is 4. The Morgan fingerprint density at radius 3 is 2.52 bits per heavy atom. The largest absolute Gasteiger partial charge is 0.467 e. The number of carbonyl (C=O) groups excluding carboxylic acids is 1. The average Bonchev–Trinajstić information content (AvgIpc) is 3.39. The minimum Gasteiger partial charge on any atom is -0.467 e. The van der Waals surface area contributed by atoms with Gasteiger partial charge in [-0.3, -0.25) is 4.79 Å². The molecule has 0 saturated heterocycles. The molecule has 4 rings (SSSR count). The molecule has 146 valence electrons. The highest BCUT2D eigenvalue weighted by atomic mass is 35.5. The van der Waals surface area contributed by atoms with Gasteiger partial charge in [0.15, 0.2) is 0 Å². The van der Waals surface area contributed by atoms with Crippen LogP contribution in [0.5, 0.6) is 0 Å². The second-order valence-corrected chi connectivity index (χ2v) is 8.22. The topological polar surface area (TPSA) is 46.3 Å². The standard InChI is InChI=1S/C23H19ClN2O2S/c1-16-25-21(22(29-16)17-8-3-2-4-9-17)23(27)26(15-19-11-7-13-28-19)14-18-10-5-6-12-20(18)24/h2-13H,14-15H2,1H3. The van der Waals surface area contributed by atoms with Crippen LogP contribution in [0.2, 0.25) is 5.02 Å². The summed E-state index contributed by atoms with van der Waals surface area (Å²) in [5, 5.41) is 1.48. The van der Waals surface area contributed by atoms with E-state index in [9.17, 15) is 4.79 Å². The van der Waals surface area contributed by atoms with Crippen molar-refractivity contribution in [3.05, 3.63) is 100 Å². The molecular formula is C23H19ClN2O2S. The number of benzene rings is 2. The highest BCUT2D eigenvalue weighted by Gasteiger charge is 2.25. The quantitative estimate of drug-likeness (QED) is 0.371. The van der Waals surface area contributed by atoms with E-state index < -0.39 is 0 Å². The van der Waals surface area contributed by atoms with Gasteiger partial charge in [0.05, 0.1) is 22.7 Å². The summed E-state index contributed by atoms with van der Waals surface area (Å²) in [5.41, 5.74) is 2.32. The van der Waals surface area contributed by atoms with Crippen molar-refractivity contribution in [2.24, 2.45) is 0 Å². The van der Waals surface area contributed by atoms with Crippen molar-refractivity contribution in [3.63, 3.8) is 0 Å². The number of thiazole rings is 1. The fourth-order valence-electron chi connectivity index (χ4n) is 3.13. The van der Waals surface area contributed by atoms with Gasteiger partial charge < -0.3 is 9.32 Å². The SMILES string of the molecule is Cc1nc(C(=O)N(Cc2ccco2)Cc2ccccc2Cl)c(-c2ccccc2)s1. The van der Waals surface area contributed by atoms with Crippen LogP contribution in [0.25, 0.3) is 10.4 Å². The second kappa shape index (κ2) is 8.64. The lowest BCUT2D eigenvalue weighted by atomic mass is 10.1. The van der Waals surface area contributed by atoms with E-state index >= 15 is 0 Å². The van der Waals surface area contributed by atoms with Gasteiger partial charge in [0.1, 0.15) is 11.5 Å². The Morgan fingerprint density at radius 2 is 1.79 bits per heavy atom. The lowest BCUT2D eigenvalue weighted by molar-refractivity contribution is 0.0713. The second-order valence-electron chi connectivity index (χ2n) is 6.61. The van der Waals surface area contributed by atoms with Crippen molar-refractivity contribution in [1.82, 2.24) is 9.88 Å². The molecule has 0 bridgehead atoms. The van der Waals surface area contributed by atoms with Gasteiger partial charge in [-0.2, -0.15) is 0 Å². The van der Waals surface area contributed by atoms with E-state index in [0.717, 1.165) is 21.0 Å². The molecule has 0 saturated carbocycles. The molecule has 0 fully saturated rings. The van der Waals surface area contributed by atoms with E-state index in [1.807, 2.05) is 73.7 Å². The lowest BCUT2D eigenvalue weighted by Gasteiger charge is -2.22. The van der Waals surface area contributed by atoms with Gasteiger partial charge in [-0.25, -0.2) is 4.98 Å². The van der Waals surface area contributed by atoms with Gasteiger partial charge in [0.2, 0.25) is 0 Å². The van der Waals surface area contributed by atoms with Crippen LogP contribution in [0.15, 0.2) is 77.4 Å². The van der Waals surface area contributed by atoms with E-state index in [2.05, 4.69) is 4.98 Å². The molecule has 2 aromatic heterocycles. The van der Waals surface area contributed by atoms with Crippen LogP contribution >= 0.6 is 22.9 Å². The first-order valence-electron chi connectivity index (χ1n) is 9.19. The summed E-state index contributed by atoms with van der Waals surface area (Å²) in [5.74, 6) is 0.558. The number of hydrogen-bond donors (Lipinski definition) is 0. The third-order valence-corrected chi connectivity index (χ3v) is 5.89. The fraction of sp³-hybridized carbons (Fsp3) is 0.130. The molecule has 0 radical (unpaired) electrons. The van der Waals surface area contributed by atoms with Crippen LogP contribution in [0.4, 0.5) is 0 Å². The molecule has 0 aliphatic rings. The monoisotopic (exact) mass is 422 g/mol. The number of nitrogens with zero attached hydrogens (tertiary/aromatic N) is 2. The smallest absolute Gasteiger partial charge is 0.274 e. The summed E-state index contributed by atoms with van der Waals surface area (Å²) in [6.07, 6.45) is 1.61. The normalized spacial score (nSPS) is 10.8. The van der Waals surface area contributed by atoms with E-state index in [1.165, 1.54) is 11.3 Å². The number of carbonyl (C=O) groups is 1. The maximum atomic E-state index is 13.6. The number of halogens is 1. The summed E-state index contributed by atoms with van der Waals surface area (Å²) in [6, 6.07) is 21.1. The molecule has 6 heteroatoms. The molecular weight excluding hydrogens is 404 g/mol. The Balaban J connectivity index is 1.71. The zero-order chi connectivity index (χ0) is 20.2. The maximum Gasteiger partial charge on any atom is 0.274 e. The zero-order valence-corrected chi connectivity index (χ0v) is 17.4. The molecule has 29 heavy (non-hydrogen) atoms. The Kier molecular flexibility index (Phi) is 5.79. The Hall–Kier alpha value is -2.89. The molecule has 4 aromatic rings. The summed E-state index contributed by atoms with van der Waals surface area (Å²) in [7, 11) is 0. The summed E-state index contributed by atoms with van der Waals surface area (Å²) >= 11 is 7.88. The molecule has 2 aromatic carbocycles. The summed E-state index contributed by atoms with van der Waals surface area (Å²) < 4.78 is 5.49. The number of furan rings is 1. The number of rotatable bonds is 6. The molecule has 0 atom stereocenters. The van der Waals surface area contributed by atoms with E-state index in [4.69, 9.17) is 16.0 Å². The first-order valence-corrected chi connectivity index (χ1v) is 10.4. The van der Waals surface area contributed by atoms with E-state index in [-0.39, 0.29) is 5.91 Å². The van der Waals surface area contributed by atoms with Gasteiger partial charge in [-0.05, 0) is 36.2 Å². The van der Waals surface area contributed by atoms with Crippen molar-refractivity contribution >= 4 is 28.8 Å². The number of aromatic nitrogens is 1. The van der Waals surface area contributed by atoms with Gasteiger partial charge in [-0.15, -0.1) is 11.3 Å². The Labute approximate surface area is 178 Å². The molecule has 4 nitrogen and oxygen atoms in total. The third kappa shape index (κ3) is 4.42. The van der Waals surface area contributed by atoms with Crippen molar-refractivity contribution in [1.29, 1.82) is 0 Å². The Bertz CT molecular complexity index is 1110. The molecule has 1 amide bonds. The minimum absolute atomic E-state index is 0.149. The third-order valence-electron chi connectivity index (χ3n) is 4.51. The van der Waals surface area contributed by atoms with Crippen LogP contribution < -0.4 is 0 Å². The molecule has 0 aliphatic carbocycles. The van der Waals surface area contributed by atoms with E-state index in [1.54, 1.807) is 11.2 Å². The predicted octanol–water partition coefficient (Wildman–Crippen LogP) is 6.21. The first-order chi connectivity index (χ1) is 14.1. The summed E-state index contributed by atoms with van der Waals surface area (Å²) in [4.78, 5) is 20.7. The van der Waals surface area contributed by atoms with Crippen LogP contribution in [0, 0.1) is 6.92 Å². The zero-order valence-electron chi connectivity index (χ0n) is 15.8. The van der Waals surface area contributed by atoms with Crippen molar-refractivity contribution < 1.29 is 9.21 Å². The van der Waals surface area contributed by atoms with Gasteiger partial charge in [0, 0.05) is 11.6 Å².